The fraction of sp³-hybridized carbons (Fsp3) is 0.455. The Labute approximate surface area is 90.1 Å². The second kappa shape index (κ2) is 6.14. The quantitative estimate of drug-likeness (QED) is 0.731. The maximum Gasteiger partial charge on any atom is 0.188 e. The number of methoxy groups -OCH3 is 1. The van der Waals surface area contributed by atoms with Crippen molar-refractivity contribution in [3.63, 3.8) is 0 Å². The van der Waals surface area contributed by atoms with Crippen LogP contribution in [0.2, 0.25) is 0 Å². The maximum absolute atomic E-state index is 5.47. The first-order chi connectivity index (χ1) is 7.31. The number of rotatable bonds is 6. The number of nitrogens with one attached hydrogen (secondary N) is 1. The lowest BCUT2D eigenvalue weighted by Crippen LogP contribution is -2.01. The van der Waals surface area contributed by atoms with Crippen molar-refractivity contribution in [2.24, 2.45) is 0 Å². The van der Waals surface area contributed by atoms with E-state index in [2.05, 4.69) is 5.32 Å². The van der Waals surface area contributed by atoms with Crippen LogP contribution in [0.4, 0.5) is 5.69 Å². The monoisotopic (exact) mass is 211 g/mol. The van der Waals surface area contributed by atoms with Gasteiger partial charge in [-0.3, -0.25) is 0 Å². The fourth-order valence-electron chi connectivity index (χ4n) is 1.20. The maximum atomic E-state index is 5.47. The minimum atomic E-state index is 0.241. The summed E-state index contributed by atoms with van der Waals surface area (Å²) in [6, 6.07) is 5.62. The molecular formula is C11H17NO3. The van der Waals surface area contributed by atoms with E-state index in [4.69, 9.17) is 14.2 Å². The standard InChI is InChI=1S/C11H17NO3/c1-4-14-11-7-9(15-8-13-3)5-6-10(11)12-2/h5-7,12H,4,8H2,1-3H3. The highest BCUT2D eigenvalue weighted by Crippen LogP contribution is 2.28. The van der Waals surface area contributed by atoms with Crippen molar-refractivity contribution < 1.29 is 14.2 Å². The molecule has 0 aliphatic heterocycles. The summed E-state index contributed by atoms with van der Waals surface area (Å²) in [6.07, 6.45) is 0. The predicted molar refractivity (Wildman–Crippen MR) is 59.7 cm³/mol. The van der Waals surface area contributed by atoms with Crippen LogP contribution in [0.5, 0.6) is 11.5 Å². The van der Waals surface area contributed by atoms with Crippen LogP contribution < -0.4 is 14.8 Å². The van der Waals surface area contributed by atoms with E-state index in [-0.39, 0.29) is 6.79 Å². The molecule has 4 heteroatoms. The van der Waals surface area contributed by atoms with E-state index in [1.165, 1.54) is 0 Å². The second-order valence-electron chi connectivity index (χ2n) is 2.89. The molecule has 1 aromatic carbocycles. The molecule has 1 N–H and O–H groups in total. The molecule has 0 unspecified atom stereocenters. The summed E-state index contributed by atoms with van der Waals surface area (Å²) in [5.74, 6) is 1.52. The third kappa shape index (κ3) is 3.32. The van der Waals surface area contributed by atoms with Gasteiger partial charge in [-0.25, -0.2) is 0 Å². The van der Waals surface area contributed by atoms with Crippen molar-refractivity contribution >= 4 is 5.69 Å². The molecule has 0 atom stereocenters. The Hall–Kier alpha value is -1.42. The van der Waals surface area contributed by atoms with Crippen LogP contribution in [-0.4, -0.2) is 27.6 Å². The molecule has 0 saturated heterocycles. The molecule has 0 aliphatic rings. The highest BCUT2D eigenvalue weighted by molar-refractivity contribution is 5.58. The number of benzene rings is 1. The molecule has 15 heavy (non-hydrogen) atoms. The molecule has 1 rings (SSSR count). The third-order valence-corrected chi connectivity index (χ3v) is 1.87. The molecule has 84 valence electrons. The van der Waals surface area contributed by atoms with E-state index in [0.717, 1.165) is 17.2 Å². The molecule has 0 aliphatic carbocycles. The lowest BCUT2D eigenvalue weighted by molar-refractivity contribution is 0.0510. The molecule has 0 fully saturated rings. The zero-order chi connectivity index (χ0) is 11.1. The summed E-state index contributed by atoms with van der Waals surface area (Å²) in [4.78, 5) is 0. The number of anilines is 1. The summed E-state index contributed by atoms with van der Waals surface area (Å²) in [6.45, 7) is 2.81. The van der Waals surface area contributed by atoms with Crippen LogP contribution in [0.3, 0.4) is 0 Å². The van der Waals surface area contributed by atoms with Gasteiger partial charge in [0, 0.05) is 20.2 Å². The van der Waals surface area contributed by atoms with Crippen molar-refractivity contribution in [3.05, 3.63) is 18.2 Å². The van der Waals surface area contributed by atoms with E-state index in [9.17, 15) is 0 Å². The lowest BCUT2D eigenvalue weighted by atomic mass is 10.3. The van der Waals surface area contributed by atoms with Gasteiger partial charge < -0.3 is 19.5 Å². The average molecular weight is 211 g/mol. The highest BCUT2D eigenvalue weighted by Gasteiger charge is 2.03. The Kier molecular flexibility index (Phi) is 4.77. The van der Waals surface area contributed by atoms with Crippen LogP contribution in [0.25, 0.3) is 0 Å². The summed E-state index contributed by atoms with van der Waals surface area (Å²) in [5, 5.41) is 3.05. The Morgan fingerprint density at radius 1 is 1.27 bits per heavy atom. The lowest BCUT2D eigenvalue weighted by Gasteiger charge is -2.12. The van der Waals surface area contributed by atoms with Crippen molar-refractivity contribution in [2.45, 2.75) is 6.92 Å². The average Bonchev–Trinajstić information content (AvgIpc) is 2.27. The van der Waals surface area contributed by atoms with E-state index >= 15 is 0 Å². The van der Waals surface area contributed by atoms with E-state index < -0.39 is 0 Å². The van der Waals surface area contributed by atoms with E-state index in [1.54, 1.807) is 7.11 Å². The van der Waals surface area contributed by atoms with Crippen LogP contribution >= 0.6 is 0 Å². The highest BCUT2D eigenvalue weighted by atomic mass is 16.7. The molecule has 0 spiro atoms. The number of hydrogen-bond donors (Lipinski definition) is 1. The molecular weight excluding hydrogens is 194 g/mol. The first kappa shape index (κ1) is 11.7. The zero-order valence-electron chi connectivity index (χ0n) is 9.37. The van der Waals surface area contributed by atoms with Gasteiger partial charge in [0.1, 0.15) is 11.5 Å². The van der Waals surface area contributed by atoms with Gasteiger partial charge in [-0.1, -0.05) is 0 Å². The van der Waals surface area contributed by atoms with Gasteiger partial charge in [-0.15, -0.1) is 0 Å². The summed E-state index contributed by atoms with van der Waals surface area (Å²) in [7, 11) is 3.44. The van der Waals surface area contributed by atoms with Gasteiger partial charge in [0.05, 0.1) is 12.3 Å². The molecule has 4 nitrogen and oxygen atoms in total. The van der Waals surface area contributed by atoms with Crippen LogP contribution in [0, 0.1) is 0 Å². The first-order valence-corrected chi connectivity index (χ1v) is 4.88. The zero-order valence-corrected chi connectivity index (χ0v) is 9.37. The smallest absolute Gasteiger partial charge is 0.188 e. The summed E-state index contributed by atoms with van der Waals surface area (Å²) >= 11 is 0. The minimum Gasteiger partial charge on any atom is -0.492 e. The van der Waals surface area contributed by atoms with Gasteiger partial charge in [-0.05, 0) is 19.1 Å². The number of hydrogen-bond acceptors (Lipinski definition) is 4. The Morgan fingerprint density at radius 2 is 2.07 bits per heavy atom. The molecule has 0 radical (unpaired) electrons. The molecule has 0 bridgehead atoms. The van der Waals surface area contributed by atoms with Gasteiger partial charge in [0.2, 0.25) is 0 Å². The third-order valence-electron chi connectivity index (χ3n) is 1.87. The largest absolute Gasteiger partial charge is 0.492 e. The Bertz CT molecular complexity index is 302. The van der Waals surface area contributed by atoms with Gasteiger partial charge in [-0.2, -0.15) is 0 Å². The molecule has 1 aromatic rings. The van der Waals surface area contributed by atoms with Crippen LogP contribution in [0.15, 0.2) is 18.2 Å². The topological polar surface area (TPSA) is 39.7 Å². The molecule has 0 heterocycles. The minimum absolute atomic E-state index is 0.241. The van der Waals surface area contributed by atoms with Crippen molar-refractivity contribution in [1.82, 2.24) is 0 Å². The van der Waals surface area contributed by atoms with Crippen molar-refractivity contribution in [3.8, 4) is 11.5 Å². The van der Waals surface area contributed by atoms with E-state index in [0.29, 0.717) is 6.61 Å². The molecule has 0 aromatic heterocycles. The van der Waals surface area contributed by atoms with Crippen LogP contribution in [-0.2, 0) is 4.74 Å². The SMILES string of the molecule is CCOc1cc(OCOC)ccc1NC. The molecule has 0 saturated carbocycles. The Balaban J connectivity index is 2.79. The predicted octanol–water partition coefficient (Wildman–Crippen LogP) is 2.11. The normalized spacial score (nSPS) is 9.80. The van der Waals surface area contributed by atoms with Gasteiger partial charge in [0.25, 0.3) is 0 Å². The molecule has 0 amide bonds. The number of ether oxygens (including phenoxy) is 3. The Morgan fingerprint density at radius 3 is 2.67 bits per heavy atom. The van der Waals surface area contributed by atoms with Crippen LogP contribution in [0.1, 0.15) is 6.92 Å². The first-order valence-electron chi connectivity index (χ1n) is 4.88. The fourth-order valence-corrected chi connectivity index (χ4v) is 1.20. The van der Waals surface area contributed by atoms with Crippen molar-refractivity contribution in [2.75, 3.05) is 32.9 Å². The van der Waals surface area contributed by atoms with E-state index in [1.807, 2.05) is 32.2 Å². The van der Waals surface area contributed by atoms with Gasteiger partial charge in [0.15, 0.2) is 6.79 Å². The second-order valence-corrected chi connectivity index (χ2v) is 2.89. The van der Waals surface area contributed by atoms with Gasteiger partial charge >= 0.3 is 0 Å². The summed E-state index contributed by atoms with van der Waals surface area (Å²) < 4.78 is 15.6. The van der Waals surface area contributed by atoms with Crippen molar-refractivity contribution in [1.29, 1.82) is 0 Å². The summed E-state index contributed by atoms with van der Waals surface area (Å²) in [5.41, 5.74) is 0.946.